The highest BCUT2D eigenvalue weighted by Crippen LogP contribution is 2.00. The number of carbonyl (C=O) groups excluding carboxylic acids is 1. The molecule has 0 aromatic carbocycles. The summed E-state index contributed by atoms with van der Waals surface area (Å²) < 4.78 is 1.88. The summed E-state index contributed by atoms with van der Waals surface area (Å²) in [7, 11) is 0. The highest BCUT2D eigenvalue weighted by atomic mass is 16.1. The standard InChI is InChI=1S/C13H24N4O/c1-10(2)5-16-13(18)8-17-9-14-6-12(17)7-15-11(3)4/h6,9-11,15H,5,7-8H2,1-4H3,(H,16,18). The van der Waals surface area contributed by atoms with E-state index in [0.29, 0.717) is 25.0 Å². The molecule has 5 heteroatoms. The number of aromatic nitrogens is 2. The van der Waals surface area contributed by atoms with Crippen molar-refractivity contribution in [2.45, 2.75) is 46.8 Å². The van der Waals surface area contributed by atoms with E-state index < -0.39 is 0 Å². The van der Waals surface area contributed by atoms with Gasteiger partial charge in [-0.3, -0.25) is 4.79 Å². The quantitative estimate of drug-likeness (QED) is 0.765. The van der Waals surface area contributed by atoms with E-state index in [2.05, 4.69) is 43.3 Å². The first kappa shape index (κ1) is 14.7. The van der Waals surface area contributed by atoms with E-state index in [-0.39, 0.29) is 5.91 Å². The molecule has 0 fully saturated rings. The lowest BCUT2D eigenvalue weighted by Crippen LogP contribution is -2.31. The van der Waals surface area contributed by atoms with Gasteiger partial charge in [-0.2, -0.15) is 0 Å². The summed E-state index contributed by atoms with van der Waals surface area (Å²) in [5.41, 5.74) is 1.03. The number of hydrogen-bond donors (Lipinski definition) is 2. The van der Waals surface area contributed by atoms with Gasteiger partial charge in [0.15, 0.2) is 0 Å². The van der Waals surface area contributed by atoms with Gasteiger partial charge in [0.25, 0.3) is 0 Å². The van der Waals surface area contributed by atoms with Crippen molar-refractivity contribution in [3.05, 3.63) is 18.2 Å². The Morgan fingerprint density at radius 2 is 2.11 bits per heavy atom. The molecule has 0 bridgehead atoms. The van der Waals surface area contributed by atoms with E-state index in [4.69, 9.17) is 0 Å². The van der Waals surface area contributed by atoms with Crippen LogP contribution < -0.4 is 10.6 Å². The zero-order chi connectivity index (χ0) is 13.5. The van der Waals surface area contributed by atoms with E-state index in [9.17, 15) is 4.79 Å². The van der Waals surface area contributed by atoms with Gasteiger partial charge in [0.1, 0.15) is 6.54 Å². The number of amides is 1. The lowest BCUT2D eigenvalue weighted by molar-refractivity contribution is -0.121. The van der Waals surface area contributed by atoms with Crippen LogP contribution in [0.4, 0.5) is 0 Å². The first-order valence-electron chi connectivity index (χ1n) is 6.48. The SMILES string of the molecule is CC(C)CNC(=O)Cn1cncc1CNC(C)C. The first-order valence-corrected chi connectivity index (χ1v) is 6.48. The monoisotopic (exact) mass is 252 g/mol. The summed E-state index contributed by atoms with van der Waals surface area (Å²) in [5.74, 6) is 0.506. The van der Waals surface area contributed by atoms with Gasteiger partial charge in [0.2, 0.25) is 5.91 Å². The predicted octanol–water partition coefficient (Wildman–Crippen LogP) is 1.15. The fraction of sp³-hybridized carbons (Fsp3) is 0.692. The topological polar surface area (TPSA) is 59.0 Å². The van der Waals surface area contributed by atoms with Crippen molar-refractivity contribution in [3.8, 4) is 0 Å². The second-order valence-corrected chi connectivity index (χ2v) is 5.25. The summed E-state index contributed by atoms with van der Waals surface area (Å²) >= 11 is 0. The maximum absolute atomic E-state index is 11.7. The normalized spacial score (nSPS) is 11.2. The highest BCUT2D eigenvalue weighted by molar-refractivity contribution is 5.75. The number of nitrogens with zero attached hydrogens (tertiary/aromatic N) is 2. The van der Waals surface area contributed by atoms with E-state index >= 15 is 0 Å². The number of imidazole rings is 1. The summed E-state index contributed by atoms with van der Waals surface area (Å²) in [6.07, 6.45) is 3.50. The number of rotatable bonds is 7. The molecule has 2 N–H and O–H groups in total. The first-order chi connectivity index (χ1) is 8.49. The zero-order valence-corrected chi connectivity index (χ0v) is 11.7. The van der Waals surface area contributed by atoms with Crippen LogP contribution in [0.15, 0.2) is 12.5 Å². The summed E-state index contributed by atoms with van der Waals surface area (Å²) in [5, 5.41) is 6.22. The van der Waals surface area contributed by atoms with E-state index in [1.165, 1.54) is 0 Å². The maximum Gasteiger partial charge on any atom is 0.239 e. The molecule has 1 aromatic rings. The van der Waals surface area contributed by atoms with Crippen molar-refractivity contribution in [2.24, 2.45) is 5.92 Å². The Hall–Kier alpha value is -1.36. The van der Waals surface area contributed by atoms with Gasteiger partial charge >= 0.3 is 0 Å². The molecule has 18 heavy (non-hydrogen) atoms. The third-order valence-corrected chi connectivity index (χ3v) is 2.51. The third kappa shape index (κ3) is 5.31. The molecule has 0 aliphatic heterocycles. The molecule has 1 heterocycles. The van der Waals surface area contributed by atoms with Crippen LogP contribution in [0.5, 0.6) is 0 Å². The Bertz CT molecular complexity index is 371. The number of hydrogen-bond acceptors (Lipinski definition) is 3. The Morgan fingerprint density at radius 3 is 2.72 bits per heavy atom. The van der Waals surface area contributed by atoms with Crippen LogP contribution in [0.3, 0.4) is 0 Å². The molecule has 102 valence electrons. The van der Waals surface area contributed by atoms with Crippen molar-refractivity contribution < 1.29 is 4.79 Å². The average molecular weight is 252 g/mol. The van der Waals surface area contributed by atoms with Crippen molar-refractivity contribution in [3.63, 3.8) is 0 Å². The fourth-order valence-corrected chi connectivity index (χ4v) is 1.47. The van der Waals surface area contributed by atoms with Crippen molar-refractivity contribution in [1.29, 1.82) is 0 Å². The van der Waals surface area contributed by atoms with Crippen molar-refractivity contribution in [2.75, 3.05) is 6.54 Å². The molecule has 5 nitrogen and oxygen atoms in total. The third-order valence-electron chi connectivity index (χ3n) is 2.51. The molecule has 0 aliphatic rings. The van der Waals surface area contributed by atoms with E-state index in [1.54, 1.807) is 12.5 Å². The Kier molecular flexibility index (Phi) is 5.85. The minimum Gasteiger partial charge on any atom is -0.354 e. The Morgan fingerprint density at radius 1 is 1.39 bits per heavy atom. The zero-order valence-electron chi connectivity index (χ0n) is 11.7. The van der Waals surface area contributed by atoms with Crippen LogP contribution >= 0.6 is 0 Å². The van der Waals surface area contributed by atoms with Gasteiger partial charge in [-0.1, -0.05) is 27.7 Å². The molecule has 0 unspecified atom stereocenters. The lowest BCUT2D eigenvalue weighted by atomic mass is 10.2. The molecule has 0 saturated heterocycles. The van der Waals surface area contributed by atoms with Crippen LogP contribution in [-0.4, -0.2) is 28.0 Å². The van der Waals surface area contributed by atoms with Crippen LogP contribution in [0, 0.1) is 5.92 Å². The molecule has 0 spiro atoms. The molecule has 0 aliphatic carbocycles. The summed E-state index contributed by atoms with van der Waals surface area (Å²) in [4.78, 5) is 15.8. The predicted molar refractivity (Wildman–Crippen MR) is 72.1 cm³/mol. The minimum atomic E-state index is 0.0347. The maximum atomic E-state index is 11.7. The highest BCUT2D eigenvalue weighted by Gasteiger charge is 2.07. The van der Waals surface area contributed by atoms with Crippen LogP contribution in [0.25, 0.3) is 0 Å². The van der Waals surface area contributed by atoms with Crippen molar-refractivity contribution in [1.82, 2.24) is 20.2 Å². The van der Waals surface area contributed by atoms with Crippen LogP contribution in [0.1, 0.15) is 33.4 Å². The molecular formula is C13H24N4O. The molecule has 0 atom stereocenters. The molecule has 0 saturated carbocycles. The smallest absolute Gasteiger partial charge is 0.239 e. The lowest BCUT2D eigenvalue weighted by Gasteiger charge is -2.12. The second-order valence-electron chi connectivity index (χ2n) is 5.25. The number of carbonyl (C=O) groups is 1. The van der Waals surface area contributed by atoms with Crippen molar-refractivity contribution >= 4 is 5.91 Å². The number of nitrogens with one attached hydrogen (secondary N) is 2. The van der Waals surface area contributed by atoms with Gasteiger partial charge in [-0.15, -0.1) is 0 Å². The molecule has 1 amide bonds. The van der Waals surface area contributed by atoms with Gasteiger partial charge in [-0.05, 0) is 5.92 Å². The van der Waals surface area contributed by atoms with Gasteiger partial charge < -0.3 is 15.2 Å². The molecule has 1 aromatic heterocycles. The van der Waals surface area contributed by atoms with E-state index in [0.717, 1.165) is 12.2 Å². The Labute approximate surface area is 109 Å². The molecule has 0 radical (unpaired) electrons. The van der Waals surface area contributed by atoms with Gasteiger partial charge in [0.05, 0.1) is 12.0 Å². The largest absolute Gasteiger partial charge is 0.354 e. The minimum absolute atomic E-state index is 0.0347. The van der Waals surface area contributed by atoms with E-state index in [1.807, 2.05) is 4.57 Å². The average Bonchev–Trinajstić information content (AvgIpc) is 2.71. The second kappa shape index (κ2) is 7.16. The fourth-order valence-electron chi connectivity index (χ4n) is 1.47. The van der Waals surface area contributed by atoms with Gasteiger partial charge in [0, 0.05) is 25.3 Å². The van der Waals surface area contributed by atoms with Crippen LogP contribution in [0.2, 0.25) is 0 Å². The summed E-state index contributed by atoms with van der Waals surface area (Å²) in [6, 6.07) is 0.420. The Balaban J connectivity index is 2.46. The van der Waals surface area contributed by atoms with Gasteiger partial charge in [-0.25, -0.2) is 4.98 Å². The van der Waals surface area contributed by atoms with Crippen LogP contribution in [-0.2, 0) is 17.9 Å². The molecular weight excluding hydrogens is 228 g/mol. The molecule has 1 rings (SSSR count). The summed E-state index contributed by atoms with van der Waals surface area (Å²) in [6.45, 7) is 10.1.